The molecule has 0 spiro atoms. The first-order chi connectivity index (χ1) is 9.31. The second kappa shape index (κ2) is 4.36. The number of carbonyl (C=O) groups excluding carboxylic acids is 1. The van der Waals surface area contributed by atoms with E-state index in [4.69, 9.17) is 4.74 Å². The van der Waals surface area contributed by atoms with Crippen molar-refractivity contribution in [2.45, 2.75) is 38.0 Å². The number of rotatable bonds is 3. The van der Waals surface area contributed by atoms with Crippen LogP contribution in [0.25, 0.3) is 0 Å². The van der Waals surface area contributed by atoms with E-state index < -0.39 is 0 Å². The Hall–Kier alpha value is -1.31. The third kappa shape index (κ3) is 1.89. The number of benzene rings is 1. The third-order valence-corrected chi connectivity index (χ3v) is 5.44. The van der Waals surface area contributed by atoms with Gasteiger partial charge in [0.05, 0.1) is 5.92 Å². The molecule has 2 saturated carbocycles. The normalized spacial score (nSPS) is 35.2. The lowest BCUT2D eigenvalue weighted by Gasteiger charge is -2.22. The first-order valence-electron chi connectivity index (χ1n) is 7.55. The van der Waals surface area contributed by atoms with E-state index in [2.05, 4.69) is 0 Å². The van der Waals surface area contributed by atoms with E-state index in [0.29, 0.717) is 18.3 Å². The topological polar surface area (TPSA) is 26.3 Å². The van der Waals surface area contributed by atoms with Crippen molar-refractivity contribution < 1.29 is 9.53 Å². The van der Waals surface area contributed by atoms with Gasteiger partial charge in [-0.2, -0.15) is 0 Å². The van der Waals surface area contributed by atoms with Crippen molar-refractivity contribution in [1.82, 2.24) is 0 Å². The summed E-state index contributed by atoms with van der Waals surface area (Å²) in [6.45, 7) is 0.555. The number of ether oxygens (including phenoxy) is 1. The molecule has 2 bridgehead atoms. The summed E-state index contributed by atoms with van der Waals surface area (Å²) in [5.74, 6) is 3.74. The fourth-order valence-corrected chi connectivity index (χ4v) is 4.46. The summed E-state index contributed by atoms with van der Waals surface area (Å²) in [5.41, 5.74) is 1.11. The molecule has 0 radical (unpaired) electrons. The summed E-state index contributed by atoms with van der Waals surface area (Å²) < 4.78 is 5.64. The molecule has 4 atom stereocenters. The molecule has 0 saturated heterocycles. The maximum atomic E-state index is 12.6. The second-order valence-corrected chi connectivity index (χ2v) is 6.51. The molecule has 0 amide bonds. The standard InChI is InChI=1S/C17H20O2/c18-16(9-13-8-11-5-6-12(13)7-11)15-10-19-17-4-2-1-3-14(15)17/h1-4,11-13,15H,5-10H2. The predicted octanol–water partition coefficient (Wildman–Crippen LogP) is 3.56. The summed E-state index contributed by atoms with van der Waals surface area (Å²) in [7, 11) is 0. The molecule has 1 heterocycles. The summed E-state index contributed by atoms with van der Waals surface area (Å²) in [4.78, 5) is 12.6. The Morgan fingerprint density at radius 3 is 2.89 bits per heavy atom. The molecular weight excluding hydrogens is 236 g/mol. The van der Waals surface area contributed by atoms with Gasteiger partial charge in [-0.05, 0) is 43.1 Å². The highest BCUT2D eigenvalue weighted by molar-refractivity contribution is 5.87. The van der Waals surface area contributed by atoms with Gasteiger partial charge in [-0.1, -0.05) is 24.6 Å². The molecule has 19 heavy (non-hydrogen) atoms. The number of hydrogen-bond donors (Lipinski definition) is 0. The van der Waals surface area contributed by atoms with Crippen molar-refractivity contribution in [3.8, 4) is 5.75 Å². The number of Topliss-reactive ketones (excluding diaryl/α,β-unsaturated/α-hetero) is 1. The van der Waals surface area contributed by atoms with Crippen LogP contribution in [0.15, 0.2) is 24.3 Å². The molecule has 1 aromatic carbocycles. The van der Waals surface area contributed by atoms with Crippen LogP contribution in [0.4, 0.5) is 0 Å². The molecular formula is C17H20O2. The van der Waals surface area contributed by atoms with Crippen molar-refractivity contribution >= 4 is 5.78 Å². The van der Waals surface area contributed by atoms with Gasteiger partial charge in [0.15, 0.2) is 0 Å². The zero-order valence-electron chi connectivity index (χ0n) is 11.2. The van der Waals surface area contributed by atoms with Gasteiger partial charge in [-0.15, -0.1) is 0 Å². The van der Waals surface area contributed by atoms with Crippen LogP contribution < -0.4 is 4.74 Å². The van der Waals surface area contributed by atoms with Gasteiger partial charge in [-0.25, -0.2) is 0 Å². The Balaban J connectivity index is 1.47. The summed E-state index contributed by atoms with van der Waals surface area (Å²) >= 11 is 0. The van der Waals surface area contributed by atoms with Gasteiger partial charge in [0.1, 0.15) is 18.1 Å². The van der Waals surface area contributed by atoms with E-state index in [1.54, 1.807) is 0 Å². The number of fused-ring (bicyclic) bond motifs is 3. The van der Waals surface area contributed by atoms with E-state index in [0.717, 1.165) is 29.6 Å². The zero-order chi connectivity index (χ0) is 12.8. The smallest absolute Gasteiger partial charge is 0.144 e. The minimum atomic E-state index is -0.00433. The lowest BCUT2D eigenvalue weighted by atomic mass is 9.82. The van der Waals surface area contributed by atoms with Crippen LogP contribution in [0.1, 0.15) is 43.6 Å². The Labute approximate surface area is 114 Å². The van der Waals surface area contributed by atoms with Crippen molar-refractivity contribution in [2.75, 3.05) is 6.61 Å². The van der Waals surface area contributed by atoms with Crippen LogP contribution in [0.2, 0.25) is 0 Å². The Morgan fingerprint density at radius 2 is 2.11 bits per heavy atom. The van der Waals surface area contributed by atoms with Crippen LogP contribution in [-0.2, 0) is 4.79 Å². The maximum absolute atomic E-state index is 12.6. The van der Waals surface area contributed by atoms with E-state index in [1.807, 2.05) is 24.3 Å². The quantitative estimate of drug-likeness (QED) is 0.826. The highest BCUT2D eigenvalue weighted by Gasteiger charge is 2.41. The molecule has 4 rings (SSSR count). The van der Waals surface area contributed by atoms with Gasteiger partial charge in [-0.3, -0.25) is 4.79 Å². The van der Waals surface area contributed by atoms with Gasteiger partial charge < -0.3 is 4.74 Å². The van der Waals surface area contributed by atoms with Crippen molar-refractivity contribution in [2.24, 2.45) is 17.8 Å². The van der Waals surface area contributed by atoms with E-state index in [-0.39, 0.29) is 5.92 Å². The predicted molar refractivity (Wildman–Crippen MR) is 73.2 cm³/mol. The number of ketones is 1. The number of para-hydroxylation sites is 1. The van der Waals surface area contributed by atoms with Crippen LogP contribution >= 0.6 is 0 Å². The van der Waals surface area contributed by atoms with Gasteiger partial charge >= 0.3 is 0 Å². The summed E-state index contributed by atoms with van der Waals surface area (Å²) in [5, 5.41) is 0. The van der Waals surface area contributed by atoms with Crippen molar-refractivity contribution in [1.29, 1.82) is 0 Å². The van der Waals surface area contributed by atoms with Crippen LogP contribution in [-0.4, -0.2) is 12.4 Å². The Morgan fingerprint density at radius 1 is 1.21 bits per heavy atom. The monoisotopic (exact) mass is 256 g/mol. The first kappa shape index (κ1) is 11.5. The summed E-state index contributed by atoms with van der Waals surface area (Å²) in [6.07, 6.45) is 6.23. The molecule has 100 valence electrons. The van der Waals surface area contributed by atoms with Gasteiger partial charge in [0, 0.05) is 12.0 Å². The fourth-order valence-electron chi connectivity index (χ4n) is 4.46. The third-order valence-electron chi connectivity index (χ3n) is 5.44. The Bertz CT molecular complexity index is 508. The minimum absolute atomic E-state index is 0.00433. The minimum Gasteiger partial charge on any atom is -0.492 e. The molecule has 2 fully saturated rings. The number of hydrogen-bond acceptors (Lipinski definition) is 2. The lowest BCUT2D eigenvalue weighted by molar-refractivity contribution is -0.122. The molecule has 2 nitrogen and oxygen atoms in total. The fraction of sp³-hybridized carbons (Fsp3) is 0.588. The van der Waals surface area contributed by atoms with Crippen molar-refractivity contribution in [3.63, 3.8) is 0 Å². The largest absolute Gasteiger partial charge is 0.492 e. The van der Waals surface area contributed by atoms with Crippen molar-refractivity contribution in [3.05, 3.63) is 29.8 Å². The van der Waals surface area contributed by atoms with E-state index in [9.17, 15) is 4.79 Å². The molecule has 1 aromatic rings. The molecule has 1 aliphatic heterocycles. The van der Waals surface area contributed by atoms with Crippen LogP contribution in [0.3, 0.4) is 0 Å². The van der Waals surface area contributed by atoms with E-state index >= 15 is 0 Å². The molecule has 2 heteroatoms. The summed E-state index contributed by atoms with van der Waals surface area (Å²) in [6, 6.07) is 8.00. The number of carbonyl (C=O) groups is 1. The SMILES string of the molecule is O=C(CC1CC2CCC1C2)C1COc2ccccc21. The van der Waals surface area contributed by atoms with Crippen LogP contribution in [0.5, 0.6) is 5.75 Å². The first-order valence-corrected chi connectivity index (χ1v) is 7.55. The molecule has 4 unspecified atom stereocenters. The average Bonchev–Trinajstić information content (AvgIpc) is 3.13. The highest BCUT2D eigenvalue weighted by Crippen LogP contribution is 2.50. The van der Waals surface area contributed by atoms with E-state index in [1.165, 1.54) is 25.7 Å². The average molecular weight is 256 g/mol. The van der Waals surface area contributed by atoms with Gasteiger partial charge in [0.2, 0.25) is 0 Å². The second-order valence-electron chi connectivity index (χ2n) is 6.51. The molecule has 0 N–H and O–H groups in total. The van der Waals surface area contributed by atoms with Crippen LogP contribution in [0, 0.1) is 17.8 Å². The molecule has 2 aliphatic carbocycles. The maximum Gasteiger partial charge on any atom is 0.144 e. The molecule has 0 aromatic heterocycles. The zero-order valence-corrected chi connectivity index (χ0v) is 11.2. The lowest BCUT2D eigenvalue weighted by Crippen LogP contribution is -2.21. The highest BCUT2D eigenvalue weighted by atomic mass is 16.5. The molecule has 3 aliphatic rings. The van der Waals surface area contributed by atoms with Gasteiger partial charge in [0.25, 0.3) is 0 Å². The Kier molecular flexibility index (Phi) is 2.64.